The highest BCUT2D eigenvalue weighted by molar-refractivity contribution is 5.58. The van der Waals surface area contributed by atoms with Gasteiger partial charge in [0.1, 0.15) is 5.82 Å². The Morgan fingerprint density at radius 2 is 1.67 bits per heavy atom. The molecular formula is C21H18F3N5O. The number of nitrogens with zero attached hydrogens (tertiary/aromatic N) is 3. The fraction of sp³-hybridized carbons (Fsp3) is 0.143. The Kier molecular flexibility index (Phi) is 5.28. The van der Waals surface area contributed by atoms with Gasteiger partial charge in [-0.1, -0.05) is 36.4 Å². The van der Waals surface area contributed by atoms with E-state index in [0.29, 0.717) is 17.2 Å². The van der Waals surface area contributed by atoms with Gasteiger partial charge < -0.3 is 15.7 Å². The number of rotatable bonds is 6. The van der Waals surface area contributed by atoms with Crippen molar-refractivity contribution >= 4 is 23.1 Å². The molecule has 0 bridgehead atoms. The standard InChI is InChI=1S/C21H18F3N5O/c22-21(23,24)15-9-11-16(12-10-15)25-20-27-19-8-4-7-18(29(19)28-20)26-17(13-30)14-5-2-1-3-6-14/h1-12,17,26,30H,13H2,(H,25,28). The molecule has 0 spiro atoms. The zero-order valence-electron chi connectivity index (χ0n) is 15.6. The van der Waals surface area contributed by atoms with Crippen molar-refractivity contribution in [2.45, 2.75) is 12.2 Å². The number of halogens is 3. The van der Waals surface area contributed by atoms with E-state index >= 15 is 0 Å². The first kappa shape index (κ1) is 19.7. The molecule has 3 N–H and O–H groups in total. The second-order valence-electron chi connectivity index (χ2n) is 6.61. The number of hydrogen-bond acceptors (Lipinski definition) is 5. The molecule has 2 heterocycles. The monoisotopic (exact) mass is 413 g/mol. The first-order valence-electron chi connectivity index (χ1n) is 9.16. The summed E-state index contributed by atoms with van der Waals surface area (Å²) in [6.07, 6.45) is -4.39. The average molecular weight is 413 g/mol. The summed E-state index contributed by atoms with van der Waals surface area (Å²) in [7, 11) is 0. The van der Waals surface area contributed by atoms with Crippen molar-refractivity contribution < 1.29 is 18.3 Å². The number of alkyl halides is 3. The van der Waals surface area contributed by atoms with Crippen LogP contribution in [0.1, 0.15) is 17.2 Å². The molecule has 0 aliphatic carbocycles. The molecule has 0 radical (unpaired) electrons. The maximum absolute atomic E-state index is 12.7. The molecule has 154 valence electrons. The van der Waals surface area contributed by atoms with Gasteiger partial charge in [-0.2, -0.15) is 22.7 Å². The summed E-state index contributed by atoms with van der Waals surface area (Å²) >= 11 is 0. The van der Waals surface area contributed by atoms with Crippen LogP contribution < -0.4 is 10.6 Å². The Hall–Kier alpha value is -3.59. The third-order valence-electron chi connectivity index (χ3n) is 4.53. The normalized spacial score (nSPS) is 12.7. The zero-order valence-corrected chi connectivity index (χ0v) is 15.6. The van der Waals surface area contributed by atoms with Gasteiger partial charge in [-0.3, -0.25) is 0 Å². The number of hydrogen-bond donors (Lipinski definition) is 3. The summed E-state index contributed by atoms with van der Waals surface area (Å²) < 4.78 is 39.7. The lowest BCUT2D eigenvalue weighted by atomic mass is 10.1. The minimum atomic E-state index is -4.39. The molecule has 4 rings (SSSR count). The highest BCUT2D eigenvalue weighted by Gasteiger charge is 2.30. The van der Waals surface area contributed by atoms with Gasteiger partial charge in [0.25, 0.3) is 0 Å². The van der Waals surface area contributed by atoms with Gasteiger partial charge in [-0.15, -0.1) is 5.10 Å². The Bertz CT molecular complexity index is 1130. The molecule has 0 saturated heterocycles. The van der Waals surface area contributed by atoms with Gasteiger partial charge in [0.15, 0.2) is 5.65 Å². The number of fused-ring (bicyclic) bond motifs is 1. The lowest BCUT2D eigenvalue weighted by Crippen LogP contribution is -2.16. The second-order valence-corrected chi connectivity index (χ2v) is 6.61. The number of benzene rings is 2. The van der Waals surface area contributed by atoms with E-state index in [0.717, 1.165) is 17.7 Å². The Morgan fingerprint density at radius 3 is 2.33 bits per heavy atom. The smallest absolute Gasteiger partial charge is 0.394 e. The van der Waals surface area contributed by atoms with Gasteiger partial charge in [0, 0.05) is 5.69 Å². The van der Waals surface area contributed by atoms with E-state index in [2.05, 4.69) is 20.7 Å². The number of pyridine rings is 1. The molecule has 0 fully saturated rings. The van der Waals surface area contributed by atoms with Gasteiger partial charge >= 0.3 is 6.18 Å². The predicted octanol–water partition coefficient (Wildman–Crippen LogP) is 4.64. The summed E-state index contributed by atoms with van der Waals surface area (Å²) in [6.45, 7) is -0.119. The minimum absolute atomic E-state index is 0.119. The van der Waals surface area contributed by atoms with Crippen LogP contribution in [0.4, 0.5) is 30.6 Å². The molecule has 1 unspecified atom stereocenters. The summed E-state index contributed by atoms with van der Waals surface area (Å²) in [5.41, 5.74) is 1.17. The molecule has 2 aromatic heterocycles. The molecule has 0 saturated carbocycles. The third-order valence-corrected chi connectivity index (χ3v) is 4.53. The topological polar surface area (TPSA) is 74.5 Å². The van der Waals surface area contributed by atoms with Crippen LogP contribution in [0, 0.1) is 0 Å². The Morgan fingerprint density at radius 1 is 0.933 bits per heavy atom. The van der Waals surface area contributed by atoms with E-state index in [-0.39, 0.29) is 18.6 Å². The second kappa shape index (κ2) is 8.03. The zero-order chi connectivity index (χ0) is 21.1. The lowest BCUT2D eigenvalue weighted by molar-refractivity contribution is -0.137. The SMILES string of the molecule is OCC(Nc1cccc2nc(Nc3ccc(C(F)(F)F)cc3)nn12)c1ccccc1. The predicted molar refractivity (Wildman–Crippen MR) is 108 cm³/mol. The highest BCUT2D eigenvalue weighted by Crippen LogP contribution is 2.30. The number of aromatic nitrogens is 3. The van der Waals surface area contributed by atoms with Crippen LogP contribution in [0.25, 0.3) is 5.65 Å². The van der Waals surface area contributed by atoms with Crippen molar-refractivity contribution in [1.82, 2.24) is 14.6 Å². The molecule has 4 aromatic rings. The van der Waals surface area contributed by atoms with Crippen LogP contribution in [0.5, 0.6) is 0 Å². The minimum Gasteiger partial charge on any atom is -0.394 e. The Labute approximate surface area is 170 Å². The van der Waals surface area contributed by atoms with Crippen molar-refractivity contribution in [2.24, 2.45) is 0 Å². The fourth-order valence-electron chi connectivity index (χ4n) is 3.04. The van der Waals surface area contributed by atoms with Gasteiger partial charge in [0.2, 0.25) is 5.95 Å². The molecule has 2 aromatic carbocycles. The van der Waals surface area contributed by atoms with E-state index in [4.69, 9.17) is 0 Å². The first-order chi connectivity index (χ1) is 14.4. The quantitative estimate of drug-likeness (QED) is 0.430. The van der Waals surface area contributed by atoms with Crippen molar-refractivity contribution in [1.29, 1.82) is 0 Å². The average Bonchev–Trinajstić information content (AvgIpc) is 3.15. The maximum Gasteiger partial charge on any atom is 0.416 e. The molecule has 1 atom stereocenters. The van der Waals surface area contributed by atoms with Crippen LogP contribution in [-0.2, 0) is 6.18 Å². The molecule has 0 aliphatic rings. The van der Waals surface area contributed by atoms with Crippen LogP contribution in [0.3, 0.4) is 0 Å². The van der Waals surface area contributed by atoms with Crippen LogP contribution in [0.2, 0.25) is 0 Å². The van der Waals surface area contributed by atoms with Crippen LogP contribution in [0.15, 0.2) is 72.8 Å². The number of aliphatic hydroxyl groups is 1. The van der Waals surface area contributed by atoms with Gasteiger partial charge in [0.05, 0.1) is 18.2 Å². The first-order valence-corrected chi connectivity index (χ1v) is 9.16. The van der Waals surface area contributed by atoms with Crippen LogP contribution >= 0.6 is 0 Å². The summed E-state index contributed by atoms with van der Waals surface area (Å²) in [5, 5.41) is 20.3. The summed E-state index contributed by atoms with van der Waals surface area (Å²) in [4.78, 5) is 4.36. The number of aliphatic hydroxyl groups excluding tert-OH is 1. The summed E-state index contributed by atoms with van der Waals surface area (Å²) in [5.74, 6) is 0.854. The largest absolute Gasteiger partial charge is 0.416 e. The molecule has 6 nitrogen and oxygen atoms in total. The lowest BCUT2D eigenvalue weighted by Gasteiger charge is -2.18. The van der Waals surface area contributed by atoms with Gasteiger partial charge in [-0.25, -0.2) is 0 Å². The number of anilines is 3. The highest BCUT2D eigenvalue weighted by atomic mass is 19.4. The maximum atomic E-state index is 12.7. The van der Waals surface area contributed by atoms with Crippen molar-refractivity contribution in [3.8, 4) is 0 Å². The third kappa shape index (κ3) is 4.20. The fourth-order valence-corrected chi connectivity index (χ4v) is 3.04. The Balaban J connectivity index is 1.57. The van der Waals surface area contributed by atoms with E-state index in [9.17, 15) is 18.3 Å². The summed E-state index contributed by atoms with van der Waals surface area (Å²) in [6, 6.07) is 19.2. The molecule has 30 heavy (non-hydrogen) atoms. The van der Waals surface area contributed by atoms with E-state index in [1.165, 1.54) is 12.1 Å². The van der Waals surface area contributed by atoms with Crippen molar-refractivity contribution in [3.05, 3.63) is 83.9 Å². The number of nitrogens with one attached hydrogen (secondary N) is 2. The van der Waals surface area contributed by atoms with E-state index in [1.807, 2.05) is 30.3 Å². The van der Waals surface area contributed by atoms with E-state index in [1.54, 1.807) is 22.7 Å². The van der Waals surface area contributed by atoms with Crippen molar-refractivity contribution in [2.75, 3.05) is 17.2 Å². The molecular weight excluding hydrogens is 395 g/mol. The van der Waals surface area contributed by atoms with Crippen molar-refractivity contribution in [3.63, 3.8) is 0 Å². The molecule has 9 heteroatoms. The van der Waals surface area contributed by atoms with E-state index < -0.39 is 11.7 Å². The molecule has 0 amide bonds. The van der Waals surface area contributed by atoms with Gasteiger partial charge in [-0.05, 0) is 42.0 Å². The molecule has 0 aliphatic heterocycles. The van der Waals surface area contributed by atoms with Crippen LogP contribution in [-0.4, -0.2) is 26.3 Å².